The second kappa shape index (κ2) is 3.87. The molecule has 76 valence electrons. The Kier molecular flexibility index (Phi) is 2.81. The zero-order valence-electron chi connectivity index (χ0n) is 8.03. The Labute approximate surface area is 81.6 Å². The van der Waals surface area contributed by atoms with Crippen molar-refractivity contribution in [2.75, 3.05) is 25.7 Å². The van der Waals surface area contributed by atoms with Gasteiger partial charge in [0.05, 0.1) is 31.2 Å². The van der Waals surface area contributed by atoms with E-state index in [9.17, 15) is 4.79 Å². The molecule has 5 heteroatoms. The van der Waals surface area contributed by atoms with Gasteiger partial charge < -0.3 is 20.9 Å². The first kappa shape index (κ1) is 10.2. The van der Waals surface area contributed by atoms with Gasteiger partial charge in [-0.15, -0.1) is 0 Å². The molecule has 0 saturated carbocycles. The molecule has 0 amide bonds. The maximum atomic E-state index is 10.7. The summed E-state index contributed by atoms with van der Waals surface area (Å²) in [6.45, 7) is 0. The summed E-state index contributed by atoms with van der Waals surface area (Å²) in [5.74, 6) is 0.642. The largest absolute Gasteiger partial charge is 0.496 e. The lowest BCUT2D eigenvalue weighted by Gasteiger charge is -2.12. The molecular formula is C9H12N2O3. The number of hydrogen-bond acceptors (Lipinski definition) is 5. The highest BCUT2D eigenvalue weighted by molar-refractivity contribution is 5.92. The lowest BCUT2D eigenvalue weighted by atomic mass is 10.1. The Hall–Kier alpha value is -1.91. The molecule has 0 unspecified atom stereocenters. The molecule has 0 atom stereocenters. The molecule has 0 radical (unpaired) electrons. The van der Waals surface area contributed by atoms with Gasteiger partial charge in [0.2, 0.25) is 0 Å². The van der Waals surface area contributed by atoms with Gasteiger partial charge in [-0.3, -0.25) is 4.79 Å². The van der Waals surface area contributed by atoms with Gasteiger partial charge in [0.1, 0.15) is 5.75 Å². The molecule has 1 aromatic carbocycles. The SMILES string of the molecule is COc1cc(N)c(OC)c(N)c1C=O. The average Bonchev–Trinajstić information content (AvgIpc) is 2.17. The Balaban J connectivity index is 3.46. The Morgan fingerprint density at radius 2 is 1.93 bits per heavy atom. The first-order valence-corrected chi connectivity index (χ1v) is 3.90. The molecule has 0 aliphatic rings. The number of nitrogens with two attached hydrogens (primary N) is 2. The third kappa shape index (κ3) is 1.44. The second-order valence-electron chi connectivity index (χ2n) is 2.65. The third-order valence-electron chi connectivity index (χ3n) is 1.89. The predicted octanol–water partition coefficient (Wildman–Crippen LogP) is 0.681. The molecule has 0 aliphatic heterocycles. The number of aldehydes is 1. The van der Waals surface area contributed by atoms with E-state index in [1.807, 2.05) is 0 Å². The summed E-state index contributed by atoms with van der Waals surface area (Å²) in [7, 11) is 2.87. The maximum absolute atomic E-state index is 10.7. The number of benzene rings is 1. The Bertz CT molecular complexity index is 364. The van der Waals surface area contributed by atoms with Crippen LogP contribution in [-0.2, 0) is 0 Å². The van der Waals surface area contributed by atoms with Crippen molar-refractivity contribution < 1.29 is 14.3 Å². The molecule has 0 saturated heterocycles. The molecule has 0 heterocycles. The van der Waals surface area contributed by atoms with E-state index in [0.29, 0.717) is 23.5 Å². The third-order valence-corrected chi connectivity index (χ3v) is 1.89. The van der Waals surface area contributed by atoms with Gasteiger partial charge >= 0.3 is 0 Å². The fraction of sp³-hybridized carbons (Fsp3) is 0.222. The lowest BCUT2D eigenvalue weighted by molar-refractivity contribution is 0.112. The maximum Gasteiger partial charge on any atom is 0.165 e. The van der Waals surface area contributed by atoms with Crippen molar-refractivity contribution in [3.8, 4) is 11.5 Å². The molecular weight excluding hydrogens is 184 g/mol. The molecule has 1 aromatic rings. The normalized spacial score (nSPS) is 9.57. The fourth-order valence-corrected chi connectivity index (χ4v) is 1.21. The van der Waals surface area contributed by atoms with Crippen LogP contribution in [0.15, 0.2) is 6.07 Å². The van der Waals surface area contributed by atoms with Crippen molar-refractivity contribution in [2.24, 2.45) is 0 Å². The van der Waals surface area contributed by atoms with Crippen molar-refractivity contribution in [3.63, 3.8) is 0 Å². The quantitative estimate of drug-likeness (QED) is 0.548. The van der Waals surface area contributed by atoms with Crippen LogP contribution in [0.5, 0.6) is 11.5 Å². The summed E-state index contributed by atoms with van der Waals surface area (Å²) in [5.41, 5.74) is 12.1. The second-order valence-corrected chi connectivity index (χ2v) is 2.65. The van der Waals surface area contributed by atoms with Crippen LogP contribution >= 0.6 is 0 Å². The number of carbonyl (C=O) groups excluding carboxylic acids is 1. The molecule has 5 nitrogen and oxygen atoms in total. The van der Waals surface area contributed by atoms with E-state index in [4.69, 9.17) is 20.9 Å². The van der Waals surface area contributed by atoms with Crippen LogP contribution in [0.2, 0.25) is 0 Å². The number of anilines is 2. The number of carbonyl (C=O) groups is 1. The summed E-state index contributed by atoms with van der Waals surface area (Å²) in [6.07, 6.45) is 0.607. The van der Waals surface area contributed by atoms with E-state index in [1.54, 1.807) is 0 Å². The van der Waals surface area contributed by atoms with Crippen LogP contribution in [0.4, 0.5) is 11.4 Å². The van der Waals surface area contributed by atoms with Crippen molar-refractivity contribution in [1.29, 1.82) is 0 Å². The zero-order valence-corrected chi connectivity index (χ0v) is 8.03. The molecule has 0 aliphatic carbocycles. The average molecular weight is 196 g/mol. The fourth-order valence-electron chi connectivity index (χ4n) is 1.21. The zero-order chi connectivity index (χ0) is 10.7. The van der Waals surface area contributed by atoms with Crippen LogP contribution in [0.1, 0.15) is 10.4 Å². The van der Waals surface area contributed by atoms with Crippen molar-refractivity contribution >= 4 is 17.7 Å². The highest BCUT2D eigenvalue weighted by atomic mass is 16.5. The Morgan fingerprint density at radius 1 is 1.29 bits per heavy atom. The standard InChI is InChI=1S/C9H12N2O3/c1-13-7-3-6(10)9(14-2)8(11)5(7)4-12/h3-4H,10-11H2,1-2H3. The van der Waals surface area contributed by atoms with E-state index in [-0.39, 0.29) is 11.3 Å². The highest BCUT2D eigenvalue weighted by Gasteiger charge is 2.14. The van der Waals surface area contributed by atoms with Gasteiger partial charge in [-0.1, -0.05) is 0 Å². The first-order valence-electron chi connectivity index (χ1n) is 3.90. The van der Waals surface area contributed by atoms with Gasteiger partial charge in [-0.25, -0.2) is 0 Å². The monoisotopic (exact) mass is 196 g/mol. The van der Waals surface area contributed by atoms with Gasteiger partial charge in [0, 0.05) is 6.07 Å². The molecule has 14 heavy (non-hydrogen) atoms. The van der Waals surface area contributed by atoms with Crippen LogP contribution in [0.3, 0.4) is 0 Å². The molecule has 0 bridgehead atoms. The highest BCUT2D eigenvalue weighted by Crippen LogP contribution is 2.37. The van der Waals surface area contributed by atoms with Gasteiger partial charge in [-0.2, -0.15) is 0 Å². The Morgan fingerprint density at radius 3 is 2.36 bits per heavy atom. The summed E-state index contributed by atoms with van der Waals surface area (Å²) >= 11 is 0. The number of ether oxygens (including phenoxy) is 2. The number of rotatable bonds is 3. The van der Waals surface area contributed by atoms with Crippen molar-refractivity contribution in [2.45, 2.75) is 0 Å². The predicted molar refractivity (Wildman–Crippen MR) is 53.8 cm³/mol. The van der Waals surface area contributed by atoms with Crippen LogP contribution in [0, 0.1) is 0 Å². The first-order chi connectivity index (χ1) is 6.65. The van der Waals surface area contributed by atoms with E-state index < -0.39 is 0 Å². The smallest absolute Gasteiger partial charge is 0.165 e. The minimum Gasteiger partial charge on any atom is -0.496 e. The van der Waals surface area contributed by atoms with E-state index in [1.165, 1.54) is 20.3 Å². The molecule has 1 rings (SSSR count). The van der Waals surface area contributed by atoms with E-state index in [0.717, 1.165) is 0 Å². The van der Waals surface area contributed by atoms with Gasteiger partial charge in [0.25, 0.3) is 0 Å². The van der Waals surface area contributed by atoms with Crippen LogP contribution < -0.4 is 20.9 Å². The van der Waals surface area contributed by atoms with Crippen molar-refractivity contribution in [3.05, 3.63) is 11.6 Å². The number of nitrogen functional groups attached to an aromatic ring is 2. The lowest BCUT2D eigenvalue weighted by Crippen LogP contribution is -2.03. The van der Waals surface area contributed by atoms with Gasteiger partial charge in [0.15, 0.2) is 12.0 Å². The minimum absolute atomic E-state index is 0.194. The summed E-state index contributed by atoms with van der Waals surface area (Å²) in [4.78, 5) is 10.7. The number of hydrogen-bond donors (Lipinski definition) is 2. The van der Waals surface area contributed by atoms with E-state index in [2.05, 4.69) is 0 Å². The van der Waals surface area contributed by atoms with Gasteiger partial charge in [-0.05, 0) is 0 Å². The van der Waals surface area contributed by atoms with E-state index >= 15 is 0 Å². The topological polar surface area (TPSA) is 87.6 Å². The van der Waals surface area contributed by atoms with Crippen LogP contribution in [0.25, 0.3) is 0 Å². The van der Waals surface area contributed by atoms with Crippen LogP contribution in [-0.4, -0.2) is 20.5 Å². The summed E-state index contributed by atoms with van der Waals surface area (Å²) in [5, 5.41) is 0. The number of methoxy groups -OCH3 is 2. The molecule has 0 aromatic heterocycles. The summed E-state index contributed by atoms with van der Waals surface area (Å²) in [6, 6.07) is 1.50. The van der Waals surface area contributed by atoms with Crippen molar-refractivity contribution in [1.82, 2.24) is 0 Å². The summed E-state index contributed by atoms with van der Waals surface area (Å²) < 4.78 is 9.90. The molecule has 0 fully saturated rings. The molecule has 4 N–H and O–H groups in total. The molecule has 0 spiro atoms. The minimum atomic E-state index is 0.194.